The summed E-state index contributed by atoms with van der Waals surface area (Å²) in [6, 6.07) is 5.14. The predicted octanol–water partition coefficient (Wildman–Crippen LogP) is 4.38. The van der Waals surface area contributed by atoms with E-state index in [0.29, 0.717) is 72.8 Å². The summed E-state index contributed by atoms with van der Waals surface area (Å²) in [7, 11) is 0. The number of hydrogen-bond donors (Lipinski definition) is 2. The largest absolute Gasteiger partial charge is 0.494 e. The number of halogens is 1. The Labute approximate surface area is 222 Å². The van der Waals surface area contributed by atoms with Gasteiger partial charge in [0.05, 0.1) is 16.6 Å². The summed E-state index contributed by atoms with van der Waals surface area (Å²) in [5.74, 6) is 0.592. The van der Waals surface area contributed by atoms with Crippen molar-refractivity contribution in [2.45, 2.75) is 58.5 Å². The van der Waals surface area contributed by atoms with E-state index in [1.54, 1.807) is 18.3 Å². The zero-order valence-corrected chi connectivity index (χ0v) is 22.2. The first kappa shape index (κ1) is 26.1. The van der Waals surface area contributed by atoms with Crippen molar-refractivity contribution in [2.75, 3.05) is 37.6 Å². The molecule has 0 saturated carbocycles. The molecule has 0 spiro atoms. The fraction of sp³-hybridized carbons (Fsp3) is 0.500. The van der Waals surface area contributed by atoms with Crippen molar-refractivity contribution in [3.05, 3.63) is 41.5 Å². The quantitative estimate of drug-likeness (QED) is 0.493. The van der Waals surface area contributed by atoms with Crippen molar-refractivity contribution >= 4 is 34.7 Å². The first-order chi connectivity index (χ1) is 18.4. The molecule has 4 bridgehead atoms. The number of nitrogens with one attached hydrogen (secondary N) is 1. The lowest BCUT2D eigenvalue weighted by Crippen LogP contribution is -2.49. The lowest BCUT2D eigenvalue weighted by molar-refractivity contribution is -0.131. The van der Waals surface area contributed by atoms with Crippen LogP contribution in [0.15, 0.2) is 29.5 Å². The Morgan fingerprint density at radius 2 is 1.76 bits per heavy atom. The third-order valence-corrected chi connectivity index (χ3v) is 7.58. The summed E-state index contributed by atoms with van der Waals surface area (Å²) < 4.78 is 14.8. The second kappa shape index (κ2) is 11.5. The monoisotopic (exact) mass is 521 g/mol. The smallest absolute Gasteiger partial charge is 0.222 e. The molecule has 0 radical (unpaired) electrons. The molecule has 5 heterocycles. The third-order valence-electron chi connectivity index (χ3n) is 7.58. The zero-order valence-electron chi connectivity index (χ0n) is 22.2. The molecule has 1 fully saturated rings. The van der Waals surface area contributed by atoms with E-state index in [1.165, 1.54) is 12.4 Å². The number of amides is 1. The molecule has 202 valence electrons. The molecule has 1 aromatic carbocycles. The Kier molecular flexibility index (Phi) is 7.87. The highest BCUT2D eigenvalue weighted by Crippen LogP contribution is 2.32. The van der Waals surface area contributed by atoms with Gasteiger partial charge in [0.25, 0.3) is 0 Å². The molecule has 3 aliphatic rings. The number of aromatic hydroxyl groups is 1. The van der Waals surface area contributed by atoms with Crippen molar-refractivity contribution in [1.82, 2.24) is 24.8 Å². The van der Waals surface area contributed by atoms with Gasteiger partial charge in [-0.2, -0.15) is 0 Å². The van der Waals surface area contributed by atoms with Crippen LogP contribution in [0.2, 0.25) is 0 Å². The van der Waals surface area contributed by atoms with Gasteiger partial charge in [-0.25, -0.2) is 14.4 Å². The van der Waals surface area contributed by atoms with E-state index >= 15 is 0 Å². The molecule has 9 nitrogen and oxygen atoms in total. The van der Waals surface area contributed by atoms with Crippen LogP contribution in [-0.4, -0.2) is 80.7 Å². The predicted molar refractivity (Wildman–Crippen MR) is 147 cm³/mol. The standard InChI is InChI=1S/C28H36FN7O2/c1-19(2)36-10-6-4-3-5-7-24(37)34-11-13-35(14-12-34)27-25-22(28(38)33-26(25)31-18-32-27)16-30-21-8-9-23(29)20(15-21)17-36/h8-9,15-16,18-19,38H,3-7,10-14,17H2,1-2H3,(H,31,32,33). The molecule has 3 aromatic rings. The number of fused-ring (bicyclic) bond motifs is 10. The average molecular weight is 522 g/mol. The molecule has 10 heteroatoms. The fourth-order valence-electron chi connectivity index (χ4n) is 5.29. The Morgan fingerprint density at radius 1 is 1.00 bits per heavy atom. The number of carbonyl (C=O) groups excluding carboxylic acids is 1. The Balaban J connectivity index is 1.51. The van der Waals surface area contributed by atoms with E-state index in [9.17, 15) is 14.3 Å². The molecular formula is C28H36FN7O2. The minimum absolute atomic E-state index is 0.0500. The van der Waals surface area contributed by atoms with Crippen LogP contribution in [0.1, 0.15) is 57.1 Å². The lowest BCUT2D eigenvalue weighted by Gasteiger charge is -2.35. The number of anilines is 1. The Hall–Kier alpha value is -3.53. The lowest BCUT2D eigenvalue weighted by atomic mass is 10.1. The molecule has 0 atom stereocenters. The van der Waals surface area contributed by atoms with Gasteiger partial charge in [0.15, 0.2) is 5.88 Å². The first-order valence-corrected chi connectivity index (χ1v) is 13.6. The first-order valence-electron chi connectivity index (χ1n) is 13.6. The highest BCUT2D eigenvalue weighted by Gasteiger charge is 2.25. The minimum Gasteiger partial charge on any atom is -0.494 e. The second-order valence-electron chi connectivity index (χ2n) is 10.4. The number of aromatic nitrogens is 3. The SMILES string of the molecule is CC(C)N1CCCCCCC(=O)N2CCN(CC2)c2ncnc3[nH]c(O)c(c23)C=Nc2ccc(F)c(c2)C1. The fourth-order valence-corrected chi connectivity index (χ4v) is 5.29. The molecule has 2 aromatic heterocycles. The van der Waals surface area contributed by atoms with Crippen LogP contribution in [0, 0.1) is 5.82 Å². The van der Waals surface area contributed by atoms with E-state index in [0.717, 1.165) is 32.2 Å². The Morgan fingerprint density at radius 3 is 2.55 bits per heavy atom. The number of piperazine rings is 1. The number of hydrogen-bond acceptors (Lipinski definition) is 7. The van der Waals surface area contributed by atoms with Crippen molar-refractivity contribution in [3.63, 3.8) is 0 Å². The summed E-state index contributed by atoms with van der Waals surface area (Å²) in [6.07, 6.45) is 7.56. The van der Waals surface area contributed by atoms with Gasteiger partial charge in [-0.1, -0.05) is 12.8 Å². The third kappa shape index (κ3) is 5.65. The van der Waals surface area contributed by atoms with Crippen LogP contribution in [-0.2, 0) is 11.3 Å². The summed E-state index contributed by atoms with van der Waals surface area (Å²) in [6.45, 7) is 8.16. The molecule has 0 aliphatic carbocycles. The second-order valence-corrected chi connectivity index (χ2v) is 10.4. The van der Waals surface area contributed by atoms with Crippen molar-refractivity contribution in [1.29, 1.82) is 0 Å². The van der Waals surface area contributed by atoms with Crippen LogP contribution < -0.4 is 4.90 Å². The number of aromatic amines is 1. The maximum absolute atomic E-state index is 14.8. The summed E-state index contributed by atoms with van der Waals surface area (Å²) in [5, 5.41) is 11.4. The van der Waals surface area contributed by atoms with Crippen LogP contribution in [0.5, 0.6) is 5.88 Å². The van der Waals surface area contributed by atoms with Gasteiger partial charge < -0.3 is 19.9 Å². The maximum Gasteiger partial charge on any atom is 0.222 e. The highest BCUT2D eigenvalue weighted by molar-refractivity contribution is 6.06. The van der Waals surface area contributed by atoms with Crippen LogP contribution in [0.3, 0.4) is 0 Å². The van der Waals surface area contributed by atoms with Gasteiger partial charge in [-0.3, -0.25) is 14.7 Å². The highest BCUT2D eigenvalue weighted by atomic mass is 19.1. The number of rotatable bonds is 1. The van der Waals surface area contributed by atoms with E-state index in [4.69, 9.17) is 0 Å². The summed E-state index contributed by atoms with van der Waals surface area (Å²) in [5.41, 5.74) is 2.19. The van der Waals surface area contributed by atoms with Gasteiger partial charge in [0, 0.05) is 57.0 Å². The topological polar surface area (TPSA) is 101 Å². The van der Waals surface area contributed by atoms with E-state index in [-0.39, 0.29) is 23.6 Å². The van der Waals surface area contributed by atoms with Gasteiger partial charge in [0.2, 0.25) is 5.91 Å². The number of carbonyl (C=O) groups is 1. The Bertz CT molecular complexity index is 1310. The number of H-pyrrole nitrogens is 1. The van der Waals surface area contributed by atoms with E-state index in [1.807, 2.05) is 4.90 Å². The van der Waals surface area contributed by atoms with Gasteiger partial charge in [-0.15, -0.1) is 0 Å². The van der Waals surface area contributed by atoms with Crippen LogP contribution >= 0.6 is 0 Å². The minimum atomic E-state index is -0.254. The zero-order chi connectivity index (χ0) is 26.6. The number of benzene rings is 1. The van der Waals surface area contributed by atoms with Crippen molar-refractivity contribution in [3.8, 4) is 5.88 Å². The average Bonchev–Trinajstić information content (AvgIpc) is 3.24. The molecule has 3 aliphatic heterocycles. The molecule has 1 amide bonds. The molecule has 0 unspecified atom stereocenters. The van der Waals surface area contributed by atoms with Gasteiger partial charge in [0.1, 0.15) is 23.6 Å². The number of nitrogens with zero attached hydrogens (tertiary/aromatic N) is 6. The van der Waals surface area contributed by atoms with Gasteiger partial charge in [-0.05, 0) is 51.4 Å². The van der Waals surface area contributed by atoms with Crippen LogP contribution in [0.25, 0.3) is 11.0 Å². The molecule has 2 N–H and O–H groups in total. The number of aliphatic imine (C=N–C) groups is 1. The normalized spacial score (nSPS) is 18.4. The van der Waals surface area contributed by atoms with Crippen LogP contribution in [0.4, 0.5) is 15.9 Å². The molecule has 1 saturated heterocycles. The molecular weight excluding hydrogens is 485 g/mol. The molecule has 6 rings (SSSR count). The molecule has 38 heavy (non-hydrogen) atoms. The van der Waals surface area contributed by atoms with Gasteiger partial charge >= 0.3 is 0 Å². The van der Waals surface area contributed by atoms with E-state index in [2.05, 4.69) is 43.6 Å². The maximum atomic E-state index is 14.8. The van der Waals surface area contributed by atoms with Crippen molar-refractivity contribution < 1.29 is 14.3 Å². The summed E-state index contributed by atoms with van der Waals surface area (Å²) >= 11 is 0. The van der Waals surface area contributed by atoms with E-state index < -0.39 is 0 Å². The van der Waals surface area contributed by atoms with Crippen molar-refractivity contribution in [2.24, 2.45) is 4.99 Å². The summed E-state index contributed by atoms with van der Waals surface area (Å²) in [4.78, 5) is 35.5.